The van der Waals surface area contributed by atoms with Crippen molar-refractivity contribution in [2.45, 2.75) is 59.3 Å². The van der Waals surface area contributed by atoms with Crippen LogP contribution in [0.25, 0.3) is 0 Å². The summed E-state index contributed by atoms with van der Waals surface area (Å²) in [5, 5.41) is 2.35. The van der Waals surface area contributed by atoms with E-state index < -0.39 is 23.7 Å². The second-order valence-electron chi connectivity index (χ2n) is 7.44. The lowest BCUT2D eigenvalue weighted by Gasteiger charge is -2.23. The first-order valence-electron chi connectivity index (χ1n) is 9.72. The van der Waals surface area contributed by atoms with Crippen molar-refractivity contribution in [1.82, 2.24) is 5.32 Å². The predicted molar refractivity (Wildman–Crippen MR) is 119 cm³/mol. The first-order chi connectivity index (χ1) is 13.6. The number of hydrogen-bond acceptors (Lipinski definition) is 6. The molecule has 0 saturated carbocycles. The Balaban J connectivity index is 2.72. The van der Waals surface area contributed by atoms with Gasteiger partial charge in [-0.05, 0) is 38.7 Å². The van der Waals surface area contributed by atoms with Crippen LogP contribution in [0.2, 0.25) is 0 Å². The van der Waals surface area contributed by atoms with Gasteiger partial charge in [0.05, 0.1) is 0 Å². The number of thioether (sulfide) groups is 1. The van der Waals surface area contributed by atoms with E-state index in [0.717, 1.165) is 23.4 Å². The highest BCUT2D eigenvalue weighted by molar-refractivity contribution is 8.17. The number of carbonyl (C=O) groups is 3. The molecule has 8 heteroatoms. The van der Waals surface area contributed by atoms with Gasteiger partial charge in [0.1, 0.15) is 18.2 Å². The van der Waals surface area contributed by atoms with Gasteiger partial charge in [0.25, 0.3) is 0 Å². The van der Waals surface area contributed by atoms with Crippen molar-refractivity contribution in [1.29, 1.82) is 0 Å². The summed E-state index contributed by atoms with van der Waals surface area (Å²) in [6.45, 7) is 9.50. The zero-order chi connectivity index (χ0) is 21.9. The molecular weight excluding hydrogens is 409 g/mol. The molecule has 0 spiro atoms. The predicted octanol–water partition coefficient (Wildman–Crippen LogP) is 4.75. The van der Waals surface area contributed by atoms with E-state index in [-0.39, 0.29) is 26.1 Å². The number of amides is 1. The number of hydrogen-bond donors (Lipinski definition) is 1. The minimum absolute atomic E-state index is 0.0739. The minimum atomic E-state index is -1.08. The maximum Gasteiger partial charge on any atom is 0.408 e. The smallest absolute Gasteiger partial charge is 0.408 e. The van der Waals surface area contributed by atoms with Gasteiger partial charge < -0.3 is 14.8 Å². The zero-order valence-corrected chi connectivity index (χ0v) is 19.6. The molecule has 0 bridgehead atoms. The van der Waals surface area contributed by atoms with Crippen LogP contribution in [-0.2, 0) is 25.7 Å². The molecule has 0 aromatic heterocycles. The van der Waals surface area contributed by atoms with E-state index in [9.17, 15) is 14.4 Å². The Morgan fingerprint density at radius 1 is 1.10 bits per heavy atom. The molecule has 0 aliphatic heterocycles. The summed E-state index contributed by atoms with van der Waals surface area (Å²) < 4.78 is 10.5. The van der Waals surface area contributed by atoms with E-state index in [1.54, 1.807) is 20.8 Å². The fraction of sp³-hybridized carbons (Fsp3) is 0.571. The summed E-state index contributed by atoms with van der Waals surface area (Å²) in [7, 11) is -0.187. The monoisotopic (exact) mass is 441 g/mol. The Bertz CT molecular complexity index is 659. The van der Waals surface area contributed by atoms with Crippen molar-refractivity contribution >= 4 is 36.9 Å². The zero-order valence-electron chi connectivity index (χ0n) is 17.9. The van der Waals surface area contributed by atoms with Crippen LogP contribution in [0.4, 0.5) is 4.79 Å². The molecule has 1 N–H and O–H groups in total. The highest BCUT2D eigenvalue weighted by Gasteiger charge is 2.28. The van der Waals surface area contributed by atoms with Crippen LogP contribution in [0.3, 0.4) is 0 Å². The lowest BCUT2D eigenvalue weighted by atomic mass is 10.2. The SMILES string of the molecule is CCP(CC)CSC(=O)CC(NC(=O)OC(C)(C)C)C(=O)OCc1ccccc1. The average molecular weight is 442 g/mol. The number of carbonyl (C=O) groups excluding carboxylic acids is 3. The summed E-state index contributed by atoms with van der Waals surface area (Å²) in [5.41, 5.74) is 0.882. The molecule has 0 aliphatic carbocycles. The van der Waals surface area contributed by atoms with Crippen LogP contribution in [0, 0.1) is 0 Å². The van der Waals surface area contributed by atoms with Gasteiger partial charge in [-0.15, -0.1) is 0 Å². The van der Waals surface area contributed by atoms with E-state index in [1.165, 1.54) is 11.8 Å². The van der Waals surface area contributed by atoms with Crippen molar-refractivity contribution in [2.24, 2.45) is 0 Å². The molecule has 0 saturated heterocycles. The molecule has 0 aliphatic rings. The Kier molecular flexibility index (Phi) is 11.3. The molecule has 1 aromatic carbocycles. The highest BCUT2D eigenvalue weighted by atomic mass is 32.2. The van der Waals surface area contributed by atoms with Crippen LogP contribution in [0.15, 0.2) is 30.3 Å². The van der Waals surface area contributed by atoms with E-state index in [1.807, 2.05) is 30.3 Å². The number of ether oxygens (including phenoxy) is 2. The molecule has 162 valence electrons. The average Bonchev–Trinajstić information content (AvgIpc) is 2.65. The van der Waals surface area contributed by atoms with Crippen molar-refractivity contribution < 1.29 is 23.9 Å². The number of nitrogens with one attached hydrogen (secondary N) is 1. The van der Waals surface area contributed by atoms with Crippen molar-refractivity contribution in [3.05, 3.63) is 35.9 Å². The lowest BCUT2D eigenvalue weighted by molar-refractivity contribution is -0.148. The summed E-state index contributed by atoms with van der Waals surface area (Å²) in [5.74, 6) is -0.651. The minimum Gasteiger partial charge on any atom is -0.459 e. The van der Waals surface area contributed by atoms with Crippen LogP contribution >= 0.6 is 19.7 Å². The third kappa shape index (κ3) is 11.2. The van der Waals surface area contributed by atoms with Gasteiger partial charge in [-0.2, -0.15) is 0 Å². The number of alkyl carbamates (subject to hydrolysis) is 1. The Labute approximate surface area is 179 Å². The number of esters is 1. The van der Waals surface area contributed by atoms with Crippen molar-refractivity contribution in [2.75, 3.05) is 17.8 Å². The summed E-state index contributed by atoms with van der Waals surface area (Å²) >= 11 is 1.22. The topological polar surface area (TPSA) is 81.7 Å². The van der Waals surface area contributed by atoms with Gasteiger partial charge in [0.15, 0.2) is 5.12 Å². The largest absolute Gasteiger partial charge is 0.459 e. The second-order valence-corrected chi connectivity index (χ2v) is 11.8. The third-order valence-corrected chi connectivity index (χ3v) is 8.13. The Morgan fingerprint density at radius 2 is 1.72 bits per heavy atom. The van der Waals surface area contributed by atoms with Gasteiger partial charge in [-0.3, -0.25) is 4.79 Å². The first kappa shape index (κ1) is 25.4. The van der Waals surface area contributed by atoms with Crippen LogP contribution in [-0.4, -0.2) is 46.6 Å². The normalized spacial score (nSPS) is 12.3. The third-order valence-electron chi connectivity index (χ3n) is 3.87. The molecule has 1 unspecified atom stereocenters. The van der Waals surface area contributed by atoms with Gasteiger partial charge in [0, 0.05) is 11.9 Å². The quantitative estimate of drug-likeness (QED) is 0.417. The van der Waals surface area contributed by atoms with Crippen LogP contribution < -0.4 is 5.32 Å². The van der Waals surface area contributed by atoms with Gasteiger partial charge in [-0.25, -0.2) is 9.59 Å². The highest BCUT2D eigenvalue weighted by Crippen LogP contribution is 2.38. The molecule has 29 heavy (non-hydrogen) atoms. The molecule has 1 atom stereocenters. The fourth-order valence-electron chi connectivity index (χ4n) is 2.27. The van der Waals surface area contributed by atoms with E-state index in [4.69, 9.17) is 9.47 Å². The standard InChI is InChI=1S/C21H32NO5PS/c1-6-28(7-2)15-29-18(23)13-17(22-20(25)27-21(3,4)5)19(24)26-14-16-11-9-8-10-12-16/h8-12,17H,6-7,13-15H2,1-5H3,(H,22,25). The molecular formula is C21H32NO5PS. The van der Waals surface area contributed by atoms with E-state index >= 15 is 0 Å². The first-order valence-corrected chi connectivity index (χ1v) is 12.6. The number of rotatable bonds is 10. The molecule has 0 fully saturated rings. The second kappa shape index (κ2) is 12.9. The fourth-order valence-corrected chi connectivity index (χ4v) is 5.77. The maximum absolute atomic E-state index is 12.6. The molecule has 0 radical (unpaired) electrons. The molecule has 1 aromatic rings. The number of benzene rings is 1. The van der Waals surface area contributed by atoms with E-state index in [0.29, 0.717) is 0 Å². The summed E-state index contributed by atoms with van der Waals surface area (Å²) in [6, 6.07) is 8.15. The van der Waals surface area contributed by atoms with Crippen LogP contribution in [0.1, 0.15) is 46.6 Å². The van der Waals surface area contributed by atoms with E-state index in [2.05, 4.69) is 19.2 Å². The molecule has 6 nitrogen and oxygen atoms in total. The molecule has 1 rings (SSSR count). The summed E-state index contributed by atoms with van der Waals surface area (Å²) in [6.07, 6.45) is 1.24. The van der Waals surface area contributed by atoms with Crippen molar-refractivity contribution in [3.63, 3.8) is 0 Å². The Morgan fingerprint density at radius 3 is 2.28 bits per heavy atom. The van der Waals surface area contributed by atoms with Gasteiger partial charge >= 0.3 is 12.1 Å². The lowest BCUT2D eigenvalue weighted by Crippen LogP contribution is -2.45. The molecule has 1 amide bonds. The van der Waals surface area contributed by atoms with Crippen LogP contribution in [0.5, 0.6) is 0 Å². The van der Waals surface area contributed by atoms with Gasteiger partial charge in [-0.1, -0.05) is 63.9 Å². The van der Waals surface area contributed by atoms with Crippen molar-refractivity contribution in [3.8, 4) is 0 Å². The maximum atomic E-state index is 12.6. The summed E-state index contributed by atoms with van der Waals surface area (Å²) in [4.78, 5) is 37.1. The molecule has 0 heterocycles. The Hall–Kier alpha value is -1.59. The van der Waals surface area contributed by atoms with Gasteiger partial charge in [0.2, 0.25) is 0 Å².